The number of thiazole rings is 1. The first-order valence-electron chi connectivity index (χ1n) is 18.2. The van der Waals surface area contributed by atoms with E-state index in [0.717, 1.165) is 37.3 Å². The predicted octanol–water partition coefficient (Wildman–Crippen LogP) is 12.8. The molecule has 0 atom stereocenters. The van der Waals surface area contributed by atoms with Gasteiger partial charge in [-0.15, -0.1) is 0 Å². The molecule has 9 rings (SSSR count). The predicted molar refractivity (Wildman–Crippen MR) is 225 cm³/mol. The Morgan fingerprint density at radius 3 is 1.94 bits per heavy atom. The quantitative estimate of drug-likeness (QED) is 0.145. The van der Waals surface area contributed by atoms with Gasteiger partial charge in [-0.1, -0.05) is 114 Å². The summed E-state index contributed by atoms with van der Waals surface area (Å²) in [4.78, 5) is 6.25. The van der Waals surface area contributed by atoms with Crippen LogP contribution in [0.4, 0.5) is 17.1 Å². The molecule has 2 aliphatic rings. The van der Waals surface area contributed by atoms with Crippen molar-refractivity contribution in [2.75, 3.05) is 16.3 Å². The van der Waals surface area contributed by atoms with E-state index in [9.17, 15) is 0 Å². The molecule has 1 aromatic heterocycles. The maximum Gasteiger partial charge on any atom is 0.262 e. The lowest BCUT2D eigenvalue weighted by Crippen LogP contribution is -2.33. The Labute approximate surface area is 314 Å². The Kier molecular flexibility index (Phi) is 8.75. The highest BCUT2D eigenvalue weighted by Gasteiger charge is 2.28. The number of allylic oxidation sites excluding steroid dienone is 5. The van der Waals surface area contributed by atoms with Crippen LogP contribution in [-0.4, -0.2) is 6.54 Å². The van der Waals surface area contributed by atoms with E-state index in [1.165, 1.54) is 69.2 Å². The van der Waals surface area contributed by atoms with Crippen LogP contribution >= 0.6 is 23.1 Å². The SMILES string of the molecule is CCN1/C(=C/C=C2\CCC(/C=C/c3sc4cc5ccccc5cc4[n+]3CC)=C2N(c2ccccc2)c2ccccc2)Sc2cc3ccccc3cc21. The zero-order chi connectivity index (χ0) is 35.0. The first kappa shape index (κ1) is 32.5. The highest BCUT2D eigenvalue weighted by Crippen LogP contribution is 2.48. The van der Waals surface area contributed by atoms with Gasteiger partial charge in [0.05, 0.1) is 16.4 Å². The van der Waals surface area contributed by atoms with Gasteiger partial charge in [0, 0.05) is 35.0 Å². The molecule has 52 heavy (non-hydrogen) atoms. The Balaban J connectivity index is 1.17. The van der Waals surface area contributed by atoms with Crippen molar-refractivity contribution in [2.24, 2.45) is 0 Å². The number of aromatic nitrogens is 1. The largest absolute Gasteiger partial charge is 0.335 e. The lowest BCUT2D eigenvalue weighted by Gasteiger charge is -2.28. The molecule has 6 aromatic carbocycles. The van der Waals surface area contributed by atoms with E-state index in [2.05, 4.69) is 186 Å². The zero-order valence-corrected chi connectivity index (χ0v) is 31.1. The first-order chi connectivity index (χ1) is 25.7. The fourth-order valence-corrected chi connectivity index (χ4v) is 10.0. The topological polar surface area (TPSA) is 10.4 Å². The van der Waals surface area contributed by atoms with Crippen molar-refractivity contribution in [3.05, 3.63) is 179 Å². The second-order valence-electron chi connectivity index (χ2n) is 13.3. The number of fused-ring (bicyclic) bond motifs is 4. The summed E-state index contributed by atoms with van der Waals surface area (Å²) in [5.74, 6) is 0. The van der Waals surface area contributed by atoms with Crippen molar-refractivity contribution >= 4 is 78.0 Å². The van der Waals surface area contributed by atoms with E-state index < -0.39 is 0 Å². The molecule has 0 spiro atoms. The molecule has 254 valence electrons. The van der Waals surface area contributed by atoms with Crippen LogP contribution in [-0.2, 0) is 6.54 Å². The van der Waals surface area contributed by atoms with Crippen LogP contribution in [0.2, 0.25) is 0 Å². The molecule has 0 unspecified atom stereocenters. The minimum atomic E-state index is 0.923. The van der Waals surface area contributed by atoms with Crippen molar-refractivity contribution in [1.82, 2.24) is 0 Å². The molecule has 7 aromatic rings. The standard InChI is InChI=1S/C47H40N3S2/c1-3-48-41-29-35-15-11-13-17-37(35)31-43(41)51-45(48)27-25-33-23-24-34(47(33)50(39-19-7-5-8-20-39)40-21-9-6-10-22-40)26-28-46-49(4-2)42-30-36-16-12-14-18-38(36)32-44(42)52-46/h5-22,25-32H,3-4,23-24H2,1-2H3/q+1. The summed E-state index contributed by atoms with van der Waals surface area (Å²) in [5.41, 5.74) is 8.91. The third kappa shape index (κ3) is 5.94. The highest BCUT2D eigenvalue weighted by atomic mass is 32.2. The van der Waals surface area contributed by atoms with Gasteiger partial charge in [0.15, 0.2) is 0 Å². The van der Waals surface area contributed by atoms with Gasteiger partial charge in [-0.2, -0.15) is 4.57 Å². The molecular weight excluding hydrogens is 671 g/mol. The summed E-state index contributed by atoms with van der Waals surface area (Å²) in [6, 6.07) is 48.4. The first-order valence-corrected chi connectivity index (χ1v) is 19.9. The number of rotatable bonds is 8. The van der Waals surface area contributed by atoms with E-state index in [4.69, 9.17) is 0 Å². The van der Waals surface area contributed by atoms with Crippen LogP contribution in [0.25, 0.3) is 37.8 Å². The molecule has 0 saturated heterocycles. The van der Waals surface area contributed by atoms with Crippen LogP contribution in [0.3, 0.4) is 0 Å². The number of nitrogens with zero attached hydrogens (tertiary/aromatic N) is 3. The second-order valence-corrected chi connectivity index (χ2v) is 15.4. The second kappa shape index (κ2) is 14.0. The fraction of sp³-hybridized carbons (Fsp3) is 0.128. The molecule has 0 amide bonds. The van der Waals surface area contributed by atoms with E-state index in [-0.39, 0.29) is 0 Å². The Hall–Kier alpha value is -5.36. The average Bonchev–Trinajstić information content (AvgIpc) is 3.87. The van der Waals surface area contributed by atoms with Gasteiger partial charge >= 0.3 is 0 Å². The van der Waals surface area contributed by atoms with E-state index in [1.54, 1.807) is 0 Å². The van der Waals surface area contributed by atoms with Crippen LogP contribution < -0.4 is 14.4 Å². The molecule has 0 N–H and O–H groups in total. The lowest BCUT2D eigenvalue weighted by molar-refractivity contribution is -0.665. The number of thioether (sulfide) groups is 1. The molecule has 0 radical (unpaired) electrons. The number of para-hydroxylation sites is 2. The van der Waals surface area contributed by atoms with Gasteiger partial charge in [-0.25, -0.2) is 0 Å². The molecule has 5 heteroatoms. The summed E-state index contributed by atoms with van der Waals surface area (Å²) >= 11 is 3.76. The van der Waals surface area contributed by atoms with Gasteiger partial charge in [-0.3, -0.25) is 0 Å². The monoisotopic (exact) mass is 710 g/mol. The summed E-state index contributed by atoms with van der Waals surface area (Å²) in [7, 11) is 0. The minimum Gasteiger partial charge on any atom is -0.335 e. The number of benzene rings is 6. The number of hydrogen-bond donors (Lipinski definition) is 0. The van der Waals surface area contributed by atoms with Crippen LogP contribution in [0.1, 0.15) is 31.7 Å². The van der Waals surface area contributed by atoms with E-state index >= 15 is 0 Å². The van der Waals surface area contributed by atoms with Crippen molar-refractivity contribution in [3.8, 4) is 0 Å². The van der Waals surface area contributed by atoms with Gasteiger partial charge < -0.3 is 9.80 Å². The fourth-order valence-electron chi connectivity index (χ4n) is 7.70. The Morgan fingerprint density at radius 1 is 0.673 bits per heavy atom. The lowest BCUT2D eigenvalue weighted by atomic mass is 10.1. The maximum atomic E-state index is 2.46. The third-order valence-corrected chi connectivity index (χ3v) is 12.4. The number of aryl methyl sites for hydroxylation is 1. The minimum absolute atomic E-state index is 0.923. The van der Waals surface area contributed by atoms with Crippen molar-refractivity contribution in [3.63, 3.8) is 0 Å². The van der Waals surface area contributed by atoms with Crippen LogP contribution in [0.15, 0.2) is 178 Å². The normalized spacial score (nSPS) is 16.1. The number of hydrogen-bond acceptors (Lipinski definition) is 4. The Bertz CT molecular complexity index is 2540. The van der Waals surface area contributed by atoms with Gasteiger partial charge in [0.25, 0.3) is 5.01 Å². The van der Waals surface area contributed by atoms with Crippen molar-refractivity contribution < 1.29 is 4.57 Å². The summed E-state index contributed by atoms with van der Waals surface area (Å²) < 4.78 is 3.79. The van der Waals surface area contributed by atoms with Crippen molar-refractivity contribution in [2.45, 2.75) is 38.1 Å². The molecule has 3 nitrogen and oxygen atoms in total. The van der Waals surface area contributed by atoms with Gasteiger partial charge in [0.2, 0.25) is 5.52 Å². The molecule has 2 heterocycles. The van der Waals surface area contributed by atoms with Gasteiger partial charge in [-0.05, 0) is 114 Å². The number of anilines is 3. The summed E-state index contributed by atoms with van der Waals surface area (Å²) in [5, 5.41) is 7.71. The molecule has 0 fully saturated rings. The van der Waals surface area contributed by atoms with Crippen molar-refractivity contribution in [1.29, 1.82) is 0 Å². The molecule has 1 aliphatic carbocycles. The molecular formula is C47H40N3S2+. The summed E-state index contributed by atoms with van der Waals surface area (Å²) in [6.07, 6.45) is 11.5. The molecule has 0 bridgehead atoms. The van der Waals surface area contributed by atoms with Gasteiger partial charge in [0.1, 0.15) is 11.2 Å². The zero-order valence-electron chi connectivity index (χ0n) is 29.5. The van der Waals surface area contributed by atoms with Crippen LogP contribution in [0.5, 0.6) is 0 Å². The third-order valence-electron chi connectivity index (χ3n) is 10.2. The van der Waals surface area contributed by atoms with E-state index in [0.29, 0.717) is 0 Å². The summed E-state index contributed by atoms with van der Waals surface area (Å²) in [6.45, 7) is 6.35. The van der Waals surface area contributed by atoms with Crippen LogP contribution in [0, 0.1) is 0 Å². The Morgan fingerprint density at radius 2 is 1.29 bits per heavy atom. The smallest absolute Gasteiger partial charge is 0.262 e. The van der Waals surface area contributed by atoms with E-state index in [1.807, 2.05) is 23.1 Å². The molecule has 0 saturated carbocycles. The maximum absolute atomic E-state index is 2.46. The molecule has 1 aliphatic heterocycles. The highest BCUT2D eigenvalue weighted by molar-refractivity contribution is 8.03. The average molecular weight is 711 g/mol.